The minimum atomic E-state index is -0.154. The second-order valence-corrected chi connectivity index (χ2v) is 6.21. The van der Waals surface area contributed by atoms with Gasteiger partial charge in [-0.1, -0.05) is 37.1 Å². The van der Waals surface area contributed by atoms with Crippen LogP contribution in [0.5, 0.6) is 0 Å². The van der Waals surface area contributed by atoms with E-state index in [-0.39, 0.29) is 5.56 Å². The Kier molecular flexibility index (Phi) is 5.14. The Morgan fingerprint density at radius 3 is 2.64 bits per heavy atom. The molecule has 25 heavy (non-hydrogen) atoms. The maximum atomic E-state index is 13.0. The number of hydrazone groups is 1. The van der Waals surface area contributed by atoms with Gasteiger partial charge in [-0.25, -0.2) is 15.0 Å². The molecule has 0 aliphatic carbocycles. The third-order valence-corrected chi connectivity index (χ3v) is 4.07. The zero-order chi connectivity index (χ0) is 17.8. The lowest BCUT2D eigenvalue weighted by Gasteiger charge is -2.13. The highest BCUT2D eigenvalue weighted by molar-refractivity contribution is 6.30. The fraction of sp³-hybridized carbons (Fsp3) is 0.211. The number of benzene rings is 2. The summed E-state index contributed by atoms with van der Waals surface area (Å²) in [4.78, 5) is 17.6. The lowest BCUT2D eigenvalue weighted by molar-refractivity contribution is 0.944. The molecular weight excluding hydrogens is 336 g/mol. The number of anilines is 1. The van der Waals surface area contributed by atoms with Gasteiger partial charge in [0.15, 0.2) is 0 Å². The van der Waals surface area contributed by atoms with Crippen molar-refractivity contribution in [3.8, 4) is 5.69 Å². The van der Waals surface area contributed by atoms with Gasteiger partial charge in [-0.3, -0.25) is 4.79 Å². The molecule has 0 saturated heterocycles. The Morgan fingerprint density at radius 1 is 1.20 bits per heavy atom. The van der Waals surface area contributed by atoms with E-state index in [2.05, 4.69) is 22.4 Å². The summed E-state index contributed by atoms with van der Waals surface area (Å²) in [5.41, 5.74) is 5.06. The summed E-state index contributed by atoms with van der Waals surface area (Å²) in [6.45, 7) is 4.04. The molecule has 0 saturated carbocycles. The summed E-state index contributed by atoms with van der Waals surface area (Å²) in [5, 5.41) is 5.52. The van der Waals surface area contributed by atoms with Crippen LogP contribution in [0.3, 0.4) is 0 Å². The largest absolute Gasteiger partial charge is 0.268 e. The normalized spacial score (nSPS) is 11.7. The van der Waals surface area contributed by atoms with Crippen LogP contribution in [0.25, 0.3) is 16.6 Å². The first kappa shape index (κ1) is 17.2. The summed E-state index contributed by atoms with van der Waals surface area (Å²) in [5.74, 6) is 0.376. The monoisotopic (exact) mass is 354 g/mol. The quantitative estimate of drug-likeness (QED) is 0.537. The van der Waals surface area contributed by atoms with Crippen molar-refractivity contribution in [2.45, 2.75) is 26.7 Å². The maximum absolute atomic E-state index is 13.0. The summed E-state index contributed by atoms with van der Waals surface area (Å²) < 4.78 is 1.52. The van der Waals surface area contributed by atoms with Crippen LogP contribution in [0, 0.1) is 0 Å². The van der Waals surface area contributed by atoms with Crippen molar-refractivity contribution in [3.05, 3.63) is 63.9 Å². The van der Waals surface area contributed by atoms with E-state index in [0.29, 0.717) is 27.6 Å². The highest BCUT2D eigenvalue weighted by Gasteiger charge is 2.12. The molecule has 3 rings (SSSR count). The van der Waals surface area contributed by atoms with Gasteiger partial charge in [0.1, 0.15) is 0 Å². The average Bonchev–Trinajstić information content (AvgIpc) is 2.61. The standard InChI is InChI=1S/C19H19ClN4O/c1-3-6-13(2)22-23-19-21-17-8-5-4-7-16(17)18(25)24(19)15-11-9-14(20)10-12-15/h4-5,7-12H,3,6H2,1-2H3,(H,21,23)/b22-13+. The van der Waals surface area contributed by atoms with Crippen LogP contribution in [0.4, 0.5) is 5.95 Å². The second-order valence-electron chi connectivity index (χ2n) is 5.78. The molecule has 0 spiro atoms. The number of nitrogens with zero attached hydrogens (tertiary/aromatic N) is 3. The minimum Gasteiger partial charge on any atom is -0.268 e. The van der Waals surface area contributed by atoms with E-state index in [9.17, 15) is 4.79 Å². The van der Waals surface area contributed by atoms with E-state index in [4.69, 9.17) is 11.6 Å². The van der Waals surface area contributed by atoms with Gasteiger partial charge in [0.25, 0.3) is 5.56 Å². The molecule has 0 fully saturated rings. The highest BCUT2D eigenvalue weighted by atomic mass is 35.5. The average molecular weight is 355 g/mol. The number of hydrogen-bond acceptors (Lipinski definition) is 4. The topological polar surface area (TPSA) is 59.3 Å². The number of aromatic nitrogens is 2. The van der Waals surface area contributed by atoms with Crippen molar-refractivity contribution in [2.24, 2.45) is 5.10 Å². The van der Waals surface area contributed by atoms with Crippen molar-refractivity contribution < 1.29 is 0 Å². The molecular formula is C19H19ClN4O. The van der Waals surface area contributed by atoms with Gasteiger partial charge in [0.2, 0.25) is 5.95 Å². The van der Waals surface area contributed by atoms with Crippen LogP contribution in [0.2, 0.25) is 5.02 Å². The number of para-hydroxylation sites is 1. The Hall–Kier alpha value is -2.66. The van der Waals surface area contributed by atoms with Gasteiger partial charge in [0, 0.05) is 10.7 Å². The van der Waals surface area contributed by atoms with Crippen molar-refractivity contribution in [2.75, 3.05) is 5.43 Å². The molecule has 1 aromatic heterocycles. The first-order chi connectivity index (χ1) is 12.1. The highest BCUT2D eigenvalue weighted by Crippen LogP contribution is 2.18. The first-order valence-electron chi connectivity index (χ1n) is 8.17. The predicted molar refractivity (Wildman–Crippen MR) is 104 cm³/mol. The smallest absolute Gasteiger partial charge is 0.267 e. The third-order valence-electron chi connectivity index (χ3n) is 3.82. The van der Waals surface area contributed by atoms with Gasteiger partial charge in [-0.2, -0.15) is 5.10 Å². The Bertz CT molecular complexity index is 977. The number of fused-ring (bicyclic) bond motifs is 1. The van der Waals surface area contributed by atoms with Gasteiger partial charge >= 0.3 is 0 Å². The zero-order valence-electron chi connectivity index (χ0n) is 14.2. The molecule has 0 bridgehead atoms. The minimum absolute atomic E-state index is 0.154. The Morgan fingerprint density at radius 2 is 1.92 bits per heavy atom. The molecule has 0 radical (unpaired) electrons. The molecule has 1 heterocycles. The number of nitrogens with one attached hydrogen (secondary N) is 1. The van der Waals surface area contributed by atoms with Crippen molar-refractivity contribution in [1.82, 2.24) is 9.55 Å². The molecule has 0 amide bonds. The molecule has 1 N–H and O–H groups in total. The molecule has 5 nitrogen and oxygen atoms in total. The van der Waals surface area contributed by atoms with Crippen LogP contribution in [-0.2, 0) is 0 Å². The van der Waals surface area contributed by atoms with Gasteiger partial charge in [-0.15, -0.1) is 0 Å². The molecule has 0 aliphatic rings. The van der Waals surface area contributed by atoms with E-state index in [1.807, 2.05) is 25.1 Å². The fourth-order valence-corrected chi connectivity index (χ4v) is 2.73. The van der Waals surface area contributed by atoms with Crippen molar-refractivity contribution >= 4 is 34.2 Å². The van der Waals surface area contributed by atoms with E-state index in [1.54, 1.807) is 30.3 Å². The van der Waals surface area contributed by atoms with Crippen molar-refractivity contribution in [3.63, 3.8) is 0 Å². The second kappa shape index (κ2) is 7.49. The Labute approximate surface area is 151 Å². The summed E-state index contributed by atoms with van der Waals surface area (Å²) in [7, 11) is 0. The molecule has 2 aromatic carbocycles. The van der Waals surface area contributed by atoms with E-state index < -0.39 is 0 Å². The van der Waals surface area contributed by atoms with Gasteiger partial charge in [0.05, 0.1) is 16.6 Å². The molecule has 0 aliphatic heterocycles. The lowest BCUT2D eigenvalue weighted by atomic mass is 10.2. The summed E-state index contributed by atoms with van der Waals surface area (Å²) in [6.07, 6.45) is 1.89. The predicted octanol–water partition coefficient (Wildman–Crippen LogP) is 4.63. The number of halogens is 1. The lowest BCUT2D eigenvalue weighted by Crippen LogP contribution is -2.23. The van der Waals surface area contributed by atoms with Crippen molar-refractivity contribution in [1.29, 1.82) is 0 Å². The van der Waals surface area contributed by atoms with Crippen LogP contribution in [0.15, 0.2) is 58.4 Å². The molecule has 128 valence electrons. The Balaban J connectivity index is 2.19. The van der Waals surface area contributed by atoms with Crippen LogP contribution in [0.1, 0.15) is 26.7 Å². The van der Waals surface area contributed by atoms with E-state index >= 15 is 0 Å². The molecule has 0 atom stereocenters. The number of rotatable bonds is 5. The van der Waals surface area contributed by atoms with Crippen LogP contribution < -0.4 is 11.0 Å². The van der Waals surface area contributed by atoms with Gasteiger partial charge in [-0.05, 0) is 49.7 Å². The number of hydrogen-bond donors (Lipinski definition) is 1. The molecule has 0 unspecified atom stereocenters. The van der Waals surface area contributed by atoms with E-state index in [0.717, 1.165) is 18.6 Å². The van der Waals surface area contributed by atoms with E-state index in [1.165, 1.54) is 4.57 Å². The molecule has 3 aromatic rings. The van der Waals surface area contributed by atoms with Crippen LogP contribution in [-0.4, -0.2) is 15.3 Å². The fourth-order valence-electron chi connectivity index (χ4n) is 2.60. The SMILES string of the molecule is CCC/C(C)=N/Nc1nc2ccccc2c(=O)n1-c1ccc(Cl)cc1. The summed E-state index contributed by atoms with van der Waals surface area (Å²) in [6, 6.07) is 14.3. The third kappa shape index (κ3) is 3.72. The first-order valence-corrected chi connectivity index (χ1v) is 8.55. The van der Waals surface area contributed by atoms with Crippen LogP contribution >= 0.6 is 11.6 Å². The molecule has 6 heteroatoms. The maximum Gasteiger partial charge on any atom is 0.267 e. The summed E-state index contributed by atoms with van der Waals surface area (Å²) >= 11 is 5.97. The zero-order valence-corrected chi connectivity index (χ0v) is 14.9. The van der Waals surface area contributed by atoms with Gasteiger partial charge < -0.3 is 0 Å².